The molecule has 0 aromatic heterocycles. The quantitative estimate of drug-likeness (QED) is 0.236. The predicted molar refractivity (Wildman–Crippen MR) is 122 cm³/mol. The maximum Gasteiger partial charge on any atom is 0.419 e. The Morgan fingerprint density at radius 3 is 2.24 bits per heavy atom. The van der Waals surface area contributed by atoms with E-state index in [9.17, 15) is 17.6 Å². The van der Waals surface area contributed by atoms with Crippen molar-refractivity contribution in [3.05, 3.63) is 82.2 Å². The van der Waals surface area contributed by atoms with Crippen LogP contribution in [0.15, 0.2) is 42.5 Å². The van der Waals surface area contributed by atoms with Gasteiger partial charge in [0.2, 0.25) is 0 Å². The van der Waals surface area contributed by atoms with Gasteiger partial charge in [-0.1, -0.05) is 56.9 Å². The number of fused-ring (bicyclic) bond motifs is 3. The van der Waals surface area contributed by atoms with E-state index < -0.39 is 34.8 Å². The number of benzene rings is 3. The molecule has 3 aromatic rings. The van der Waals surface area contributed by atoms with Crippen LogP contribution in [0.4, 0.5) is 26.3 Å². The lowest BCUT2D eigenvalue weighted by atomic mass is 9.82. The summed E-state index contributed by atoms with van der Waals surface area (Å²) in [6, 6.07) is 9.16. The molecule has 0 bridgehead atoms. The summed E-state index contributed by atoms with van der Waals surface area (Å²) in [5.74, 6) is -3.34. The Morgan fingerprint density at radius 1 is 0.765 bits per heavy atom. The van der Waals surface area contributed by atoms with Crippen LogP contribution in [0, 0.1) is 17.5 Å². The highest BCUT2D eigenvalue weighted by molar-refractivity contribution is 5.78. The fourth-order valence-corrected chi connectivity index (χ4v) is 4.77. The van der Waals surface area contributed by atoms with Crippen LogP contribution >= 0.6 is 0 Å². The van der Waals surface area contributed by atoms with Crippen LogP contribution in [0.1, 0.15) is 61.3 Å². The second kappa shape index (κ2) is 9.85. The second-order valence-electron chi connectivity index (χ2n) is 8.92. The first kappa shape index (κ1) is 24.4. The van der Waals surface area contributed by atoms with Crippen LogP contribution in [0.2, 0.25) is 0 Å². The number of aryl methyl sites for hydroxylation is 2. The smallest absolute Gasteiger partial charge is 0.206 e. The largest absolute Gasteiger partial charge is 0.419 e. The van der Waals surface area contributed by atoms with Crippen LogP contribution in [0.3, 0.4) is 0 Å². The van der Waals surface area contributed by atoms with Gasteiger partial charge in [-0.25, -0.2) is 13.2 Å². The molecule has 0 amide bonds. The number of hydrogen-bond donors (Lipinski definition) is 0. The number of halogens is 6. The fraction of sp³-hybridized carbons (Fsp3) is 0.357. The van der Waals surface area contributed by atoms with Crippen molar-refractivity contribution in [3.8, 4) is 22.3 Å². The van der Waals surface area contributed by atoms with E-state index in [1.165, 1.54) is 37.3 Å². The molecule has 1 aliphatic rings. The topological polar surface area (TPSA) is 0 Å². The summed E-state index contributed by atoms with van der Waals surface area (Å²) in [5, 5.41) is 0. The van der Waals surface area contributed by atoms with Crippen molar-refractivity contribution >= 4 is 0 Å². The molecule has 1 aliphatic carbocycles. The predicted octanol–water partition coefficient (Wildman–Crippen LogP) is 9.07. The molecule has 0 heterocycles. The first-order chi connectivity index (χ1) is 16.2. The molecule has 0 atom stereocenters. The van der Waals surface area contributed by atoms with Gasteiger partial charge in [-0.05, 0) is 77.3 Å². The van der Waals surface area contributed by atoms with Gasteiger partial charge in [-0.15, -0.1) is 0 Å². The first-order valence-electron chi connectivity index (χ1n) is 11.7. The van der Waals surface area contributed by atoms with Crippen molar-refractivity contribution in [2.75, 3.05) is 0 Å². The number of rotatable bonds is 7. The maximum absolute atomic E-state index is 15.4. The average Bonchev–Trinajstić information content (AvgIpc) is 2.78. The Kier molecular flexibility index (Phi) is 7.06. The van der Waals surface area contributed by atoms with E-state index in [-0.39, 0.29) is 5.56 Å². The molecule has 0 N–H and O–H groups in total. The van der Waals surface area contributed by atoms with Gasteiger partial charge in [-0.2, -0.15) is 13.2 Å². The van der Waals surface area contributed by atoms with Gasteiger partial charge in [0.25, 0.3) is 0 Å². The minimum absolute atomic E-state index is 0.257. The zero-order chi connectivity index (χ0) is 24.5. The third-order valence-corrected chi connectivity index (χ3v) is 6.56. The molecule has 0 aliphatic heterocycles. The number of unbranched alkanes of at least 4 members (excludes halogenated alkanes) is 4. The minimum Gasteiger partial charge on any atom is -0.206 e. The van der Waals surface area contributed by atoms with Crippen molar-refractivity contribution in [2.24, 2.45) is 0 Å². The lowest BCUT2D eigenvalue weighted by molar-refractivity contribution is -0.139. The van der Waals surface area contributed by atoms with Crippen LogP contribution in [0.5, 0.6) is 0 Å². The SMILES string of the molecule is CCCCCCCc1ccc2c(c1)CCc1c-2cc(F)c(-c2ccc(C(F)(F)F)c(F)c2)c1F. The molecule has 6 heteroatoms. The molecule has 180 valence electrons. The third-order valence-electron chi connectivity index (χ3n) is 6.56. The molecule has 0 spiro atoms. The molecule has 0 saturated heterocycles. The van der Waals surface area contributed by atoms with E-state index in [0.717, 1.165) is 30.0 Å². The molecule has 0 saturated carbocycles. The highest BCUT2D eigenvalue weighted by atomic mass is 19.4. The first-order valence-corrected chi connectivity index (χ1v) is 11.7. The average molecular weight is 477 g/mol. The van der Waals surface area contributed by atoms with Gasteiger partial charge in [0.15, 0.2) is 0 Å². The molecule has 3 aromatic carbocycles. The van der Waals surface area contributed by atoms with E-state index in [0.29, 0.717) is 36.1 Å². The maximum atomic E-state index is 15.4. The lowest BCUT2D eigenvalue weighted by Gasteiger charge is -2.23. The molecule has 34 heavy (non-hydrogen) atoms. The standard InChI is InChI=1S/C28H26F6/c1-2-3-4-5-6-7-17-8-11-20-18(14-17)9-12-21-22(20)16-25(30)26(27(21)31)19-10-13-23(24(29)15-19)28(32,33)34/h8,10-11,13-16H,2-7,9,12H2,1H3. The van der Waals surface area contributed by atoms with Gasteiger partial charge in [0.1, 0.15) is 17.5 Å². The molecule has 4 rings (SSSR count). The zero-order valence-corrected chi connectivity index (χ0v) is 19.0. The van der Waals surface area contributed by atoms with E-state index in [2.05, 4.69) is 13.0 Å². The highest BCUT2D eigenvalue weighted by Gasteiger charge is 2.34. The van der Waals surface area contributed by atoms with Gasteiger partial charge < -0.3 is 0 Å². The summed E-state index contributed by atoms with van der Waals surface area (Å²) in [6.45, 7) is 2.18. The van der Waals surface area contributed by atoms with Crippen LogP contribution in [0.25, 0.3) is 22.3 Å². The Morgan fingerprint density at radius 2 is 1.53 bits per heavy atom. The summed E-state index contributed by atoms with van der Waals surface area (Å²) in [5.41, 5.74) is 1.52. The normalized spacial score (nSPS) is 13.0. The van der Waals surface area contributed by atoms with Crippen LogP contribution in [-0.4, -0.2) is 0 Å². The number of hydrogen-bond acceptors (Lipinski definition) is 0. The van der Waals surface area contributed by atoms with Crippen molar-refractivity contribution < 1.29 is 26.3 Å². The lowest BCUT2D eigenvalue weighted by Crippen LogP contribution is -2.10. The fourth-order valence-electron chi connectivity index (χ4n) is 4.77. The Bertz CT molecular complexity index is 1190. The van der Waals surface area contributed by atoms with Gasteiger partial charge in [-0.3, -0.25) is 0 Å². The van der Waals surface area contributed by atoms with Gasteiger partial charge in [0, 0.05) is 0 Å². The van der Waals surface area contributed by atoms with Crippen molar-refractivity contribution in [1.29, 1.82) is 0 Å². The Labute approximate surface area is 195 Å². The van der Waals surface area contributed by atoms with Crippen molar-refractivity contribution in [1.82, 2.24) is 0 Å². The van der Waals surface area contributed by atoms with Crippen molar-refractivity contribution in [3.63, 3.8) is 0 Å². The Hall–Kier alpha value is -2.76. The highest BCUT2D eigenvalue weighted by Crippen LogP contribution is 2.41. The third kappa shape index (κ3) is 4.86. The zero-order valence-electron chi connectivity index (χ0n) is 19.0. The summed E-state index contributed by atoms with van der Waals surface area (Å²) in [6.07, 6.45) is 2.93. The molecule has 0 radical (unpaired) electrons. The minimum atomic E-state index is -4.88. The van der Waals surface area contributed by atoms with E-state index in [1.807, 2.05) is 12.1 Å². The second-order valence-corrected chi connectivity index (χ2v) is 8.92. The summed E-state index contributed by atoms with van der Waals surface area (Å²) in [7, 11) is 0. The van der Waals surface area contributed by atoms with E-state index in [1.54, 1.807) is 0 Å². The molecule has 0 nitrogen and oxygen atoms in total. The van der Waals surface area contributed by atoms with E-state index in [4.69, 9.17) is 0 Å². The van der Waals surface area contributed by atoms with Gasteiger partial charge in [0.05, 0.1) is 11.1 Å². The molecule has 0 unspecified atom stereocenters. The molecular formula is C28H26F6. The van der Waals surface area contributed by atoms with Crippen LogP contribution in [-0.2, 0) is 25.4 Å². The molecular weight excluding hydrogens is 450 g/mol. The summed E-state index contributed by atoms with van der Waals surface area (Å²) >= 11 is 0. The van der Waals surface area contributed by atoms with Gasteiger partial charge >= 0.3 is 6.18 Å². The van der Waals surface area contributed by atoms with Crippen LogP contribution < -0.4 is 0 Å². The molecule has 0 fully saturated rings. The van der Waals surface area contributed by atoms with E-state index >= 15 is 8.78 Å². The number of alkyl halides is 3. The Balaban J connectivity index is 1.64. The van der Waals surface area contributed by atoms with Crippen molar-refractivity contribution in [2.45, 2.75) is 64.5 Å². The summed E-state index contributed by atoms with van der Waals surface area (Å²) in [4.78, 5) is 0. The summed E-state index contributed by atoms with van der Waals surface area (Å²) < 4.78 is 83.1. The monoisotopic (exact) mass is 476 g/mol.